The number of thiophene rings is 1. The minimum absolute atomic E-state index is 0.621. The maximum Gasteiger partial charge on any atom is 0.164 e. The monoisotopic (exact) mass is 808 g/mol. The molecule has 0 radical (unpaired) electrons. The molecule has 9 aromatic carbocycles. The Morgan fingerprint density at radius 1 is 0.290 bits per heavy atom. The van der Waals surface area contributed by atoms with E-state index in [4.69, 9.17) is 15.0 Å². The summed E-state index contributed by atoms with van der Waals surface area (Å²) in [6.07, 6.45) is 0. The quantitative estimate of drug-likeness (QED) is 0.161. The summed E-state index contributed by atoms with van der Waals surface area (Å²) in [4.78, 5) is 15.6. The molecule has 0 aliphatic carbocycles. The molecule has 12 aromatic rings. The van der Waals surface area contributed by atoms with E-state index >= 15 is 0 Å². The van der Waals surface area contributed by atoms with Crippen LogP contribution in [0.25, 0.3) is 115 Å². The Bertz CT molecular complexity index is 3560. The van der Waals surface area contributed by atoms with Gasteiger partial charge in [0, 0.05) is 53.3 Å². The van der Waals surface area contributed by atoms with Crippen LogP contribution in [-0.4, -0.2) is 19.5 Å². The van der Waals surface area contributed by atoms with Crippen molar-refractivity contribution in [3.8, 4) is 73.2 Å². The number of para-hydroxylation sites is 2. The van der Waals surface area contributed by atoms with Crippen molar-refractivity contribution in [2.24, 2.45) is 0 Å². The van der Waals surface area contributed by atoms with Crippen molar-refractivity contribution in [2.75, 3.05) is 0 Å². The van der Waals surface area contributed by atoms with Crippen LogP contribution in [0.1, 0.15) is 0 Å². The van der Waals surface area contributed by atoms with Crippen LogP contribution >= 0.6 is 11.3 Å². The lowest BCUT2D eigenvalue weighted by Gasteiger charge is -2.16. The van der Waals surface area contributed by atoms with Crippen LogP contribution in [0.5, 0.6) is 0 Å². The van der Waals surface area contributed by atoms with E-state index in [0.29, 0.717) is 17.5 Å². The Morgan fingerprint density at radius 2 is 0.806 bits per heavy atom. The summed E-state index contributed by atoms with van der Waals surface area (Å²) in [5, 5.41) is 4.99. The third-order valence-corrected chi connectivity index (χ3v) is 13.0. The number of rotatable bonds is 7. The van der Waals surface area contributed by atoms with Crippen LogP contribution in [0.2, 0.25) is 0 Å². The molecule has 0 aliphatic heterocycles. The maximum atomic E-state index is 5.27. The lowest BCUT2D eigenvalue weighted by atomic mass is 9.90. The molecule has 0 unspecified atom stereocenters. The number of nitrogens with zero attached hydrogens (tertiary/aromatic N) is 4. The van der Waals surface area contributed by atoms with Crippen molar-refractivity contribution in [1.82, 2.24) is 19.5 Å². The van der Waals surface area contributed by atoms with Gasteiger partial charge >= 0.3 is 0 Å². The highest BCUT2D eigenvalue weighted by Crippen LogP contribution is 2.44. The van der Waals surface area contributed by atoms with Crippen LogP contribution < -0.4 is 0 Å². The number of hydrogen-bond donors (Lipinski definition) is 0. The van der Waals surface area contributed by atoms with E-state index in [1.165, 1.54) is 53.1 Å². The van der Waals surface area contributed by atoms with Crippen LogP contribution in [0.3, 0.4) is 0 Å². The minimum Gasteiger partial charge on any atom is -0.309 e. The Morgan fingerprint density at radius 3 is 1.50 bits per heavy atom. The molecule has 0 bridgehead atoms. The van der Waals surface area contributed by atoms with Gasteiger partial charge in [-0.15, -0.1) is 11.3 Å². The average Bonchev–Trinajstić information content (AvgIpc) is 3.88. The first-order chi connectivity index (χ1) is 30.7. The molecule has 62 heavy (non-hydrogen) atoms. The zero-order valence-electron chi connectivity index (χ0n) is 33.5. The van der Waals surface area contributed by atoms with Gasteiger partial charge in [0.25, 0.3) is 0 Å². The summed E-state index contributed by atoms with van der Waals surface area (Å²) < 4.78 is 4.92. The second-order valence-corrected chi connectivity index (χ2v) is 16.7. The second-order valence-electron chi connectivity index (χ2n) is 15.6. The van der Waals surface area contributed by atoms with Gasteiger partial charge < -0.3 is 4.57 Å². The first-order valence-corrected chi connectivity index (χ1v) is 21.7. The van der Waals surface area contributed by atoms with Crippen LogP contribution in [0, 0.1) is 0 Å². The second kappa shape index (κ2) is 14.9. The maximum absolute atomic E-state index is 5.27. The van der Waals surface area contributed by atoms with Gasteiger partial charge in [0.05, 0.1) is 11.0 Å². The van der Waals surface area contributed by atoms with E-state index in [-0.39, 0.29) is 0 Å². The molecule has 5 heteroatoms. The predicted molar refractivity (Wildman–Crippen MR) is 260 cm³/mol. The van der Waals surface area contributed by atoms with Crippen LogP contribution in [-0.2, 0) is 0 Å². The molecular formula is C57H36N4S. The van der Waals surface area contributed by atoms with Crippen molar-refractivity contribution >= 4 is 53.3 Å². The molecule has 0 aliphatic rings. The topological polar surface area (TPSA) is 43.6 Å². The third-order valence-electron chi connectivity index (χ3n) is 11.9. The van der Waals surface area contributed by atoms with Gasteiger partial charge in [-0.1, -0.05) is 170 Å². The SMILES string of the molecule is c1ccc(-c2nc(-c3ccccc3)nc(-c3cc(-c4ccccc4-c4ccccc4)ccc3-c3ccc4sc5cc6c7ccccc7n(-c7ccccc7)c6cc5c4c3)n2)cc1. The molecule has 0 saturated carbocycles. The van der Waals surface area contributed by atoms with E-state index in [1.807, 2.05) is 47.7 Å². The fourth-order valence-electron chi connectivity index (χ4n) is 8.94. The van der Waals surface area contributed by atoms with E-state index < -0.39 is 0 Å². The zero-order chi connectivity index (χ0) is 41.0. The number of hydrogen-bond acceptors (Lipinski definition) is 4. The van der Waals surface area contributed by atoms with Crippen molar-refractivity contribution in [2.45, 2.75) is 0 Å². The van der Waals surface area contributed by atoms with Crippen molar-refractivity contribution in [1.29, 1.82) is 0 Å². The molecule has 0 amide bonds. The Kier molecular flexibility index (Phi) is 8.65. The molecule has 3 heterocycles. The average molecular weight is 809 g/mol. The summed E-state index contributed by atoms with van der Waals surface area (Å²) in [5.41, 5.74) is 13.1. The van der Waals surface area contributed by atoms with E-state index in [0.717, 1.165) is 44.6 Å². The van der Waals surface area contributed by atoms with Crippen molar-refractivity contribution < 1.29 is 0 Å². The van der Waals surface area contributed by atoms with Crippen molar-refractivity contribution in [3.63, 3.8) is 0 Å². The molecule has 4 nitrogen and oxygen atoms in total. The predicted octanol–water partition coefficient (Wildman–Crippen LogP) is 15.3. The van der Waals surface area contributed by atoms with Gasteiger partial charge in [-0.2, -0.15) is 0 Å². The molecule has 0 spiro atoms. The van der Waals surface area contributed by atoms with E-state index in [1.54, 1.807) is 0 Å². The smallest absolute Gasteiger partial charge is 0.164 e. The van der Waals surface area contributed by atoms with Gasteiger partial charge in [0.2, 0.25) is 0 Å². The lowest BCUT2D eigenvalue weighted by Crippen LogP contribution is -2.01. The largest absolute Gasteiger partial charge is 0.309 e. The number of benzene rings is 9. The highest BCUT2D eigenvalue weighted by Gasteiger charge is 2.20. The number of aromatic nitrogens is 4. The van der Waals surface area contributed by atoms with Crippen LogP contribution in [0.4, 0.5) is 0 Å². The van der Waals surface area contributed by atoms with Crippen molar-refractivity contribution in [3.05, 3.63) is 218 Å². The first-order valence-electron chi connectivity index (χ1n) is 20.8. The van der Waals surface area contributed by atoms with E-state index in [2.05, 4.69) is 187 Å². The van der Waals surface area contributed by atoms with Gasteiger partial charge in [-0.3, -0.25) is 0 Å². The molecule has 12 rings (SSSR count). The Labute approximate surface area is 362 Å². The third kappa shape index (κ3) is 6.18. The van der Waals surface area contributed by atoms with Gasteiger partial charge in [-0.05, 0) is 81.9 Å². The fraction of sp³-hybridized carbons (Fsp3) is 0. The first kappa shape index (κ1) is 35.9. The normalized spacial score (nSPS) is 11.5. The van der Waals surface area contributed by atoms with Gasteiger partial charge in [0.15, 0.2) is 17.5 Å². The molecular weight excluding hydrogens is 773 g/mol. The minimum atomic E-state index is 0.621. The Balaban J connectivity index is 1.10. The molecule has 0 saturated heterocycles. The highest BCUT2D eigenvalue weighted by molar-refractivity contribution is 7.25. The summed E-state index contributed by atoms with van der Waals surface area (Å²) in [6, 6.07) is 77.5. The standard InChI is InChI=1S/C57H36N4S/c1-5-17-37(18-6-1)43-25-13-14-26-44(43)40-29-31-45(50(34-40)57-59-55(38-19-7-2-8-20-38)58-56(60-57)39-21-9-3-10-22-39)41-30-32-53-48(33-41)49-35-52-47(36-54(49)62-53)46-27-15-16-28-51(46)61(52)42-23-11-4-12-24-42/h1-36H. The number of fused-ring (bicyclic) bond motifs is 6. The van der Waals surface area contributed by atoms with Gasteiger partial charge in [-0.25, -0.2) is 15.0 Å². The summed E-state index contributed by atoms with van der Waals surface area (Å²) in [7, 11) is 0. The van der Waals surface area contributed by atoms with Gasteiger partial charge in [0.1, 0.15) is 0 Å². The molecule has 0 fully saturated rings. The van der Waals surface area contributed by atoms with E-state index in [9.17, 15) is 0 Å². The Hall–Kier alpha value is -7.99. The highest BCUT2D eigenvalue weighted by atomic mass is 32.1. The summed E-state index contributed by atoms with van der Waals surface area (Å²) >= 11 is 1.85. The fourth-order valence-corrected chi connectivity index (χ4v) is 10.1. The molecule has 3 aromatic heterocycles. The molecule has 290 valence electrons. The zero-order valence-corrected chi connectivity index (χ0v) is 34.3. The molecule has 0 atom stereocenters. The lowest BCUT2D eigenvalue weighted by molar-refractivity contribution is 1.07. The molecule has 0 N–H and O–H groups in total. The van der Waals surface area contributed by atoms with Crippen LogP contribution in [0.15, 0.2) is 218 Å². The summed E-state index contributed by atoms with van der Waals surface area (Å²) in [5.74, 6) is 1.89. The summed E-state index contributed by atoms with van der Waals surface area (Å²) in [6.45, 7) is 0.